The highest BCUT2D eigenvalue weighted by atomic mass is 19.4. The van der Waals surface area contributed by atoms with Gasteiger partial charge in [0.2, 0.25) is 11.9 Å². The number of hydrogen-bond acceptors (Lipinski definition) is 10. The Bertz CT molecular complexity index is 2420. The van der Waals surface area contributed by atoms with Gasteiger partial charge in [-0.2, -0.15) is 13.2 Å². The van der Waals surface area contributed by atoms with E-state index in [1.54, 1.807) is 58.2 Å². The number of anilines is 2. The van der Waals surface area contributed by atoms with E-state index in [1.807, 2.05) is 9.47 Å². The summed E-state index contributed by atoms with van der Waals surface area (Å²) in [5.41, 5.74) is 2.15. The molecule has 3 aliphatic rings. The van der Waals surface area contributed by atoms with E-state index in [9.17, 15) is 32.3 Å². The number of ether oxygens (including phenoxy) is 1. The lowest BCUT2D eigenvalue weighted by molar-refractivity contribution is -0.138. The van der Waals surface area contributed by atoms with Crippen LogP contribution in [0.1, 0.15) is 84.4 Å². The van der Waals surface area contributed by atoms with Crippen LogP contribution in [-0.4, -0.2) is 104 Å². The molecule has 2 N–H and O–H groups in total. The molecule has 1 saturated heterocycles. The van der Waals surface area contributed by atoms with E-state index in [2.05, 4.69) is 37.3 Å². The standard InChI is InChI=1S/C45H49F3N8O5/c1-28(57)25-49-42-50-26-31(40(52-42)38-24-35-37(53(38)5)15-16-56(41(35)59)43(60)61-44(2,3)4)10-9-29-7-6-8-30(21-29)22-39(58)51-33-12-11-32(36(23-33)45(46,47)48)27-54-17-19-55(20-18-54)34-13-14-34/h6-8,11-12,21,23-24,26,34H,13-20,22,25,27H2,1-5H3,(H,51,58)(H,49,50,52). The number of piperazine rings is 1. The number of aromatic nitrogens is 3. The summed E-state index contributed by atoms with van der Waals surface area (Å²) in [6, 6.07) is 13.2. The molecule has 0 bridgehead atoms. The zero-order valence-electron chi connectivity index (χ0n) is 34.9. The van der Waals surface area contributed by atoms with Crippen molar-refractivity contribution in [3.05, 3.63) is 93.8 Å². The van der Waals surface area contributed by atoms with Gasteiger partial charge < -0.3 is 19.9 Å². The fourth-order valence-corrected chi connectivity index (χ4v) is 7.58. The van der Waals surface area contributed by atoms with Crippen LogP contribution in [0.4, 0.5) is 29.6 Å². The number of fused-ring (bicyclic) bond motifs is 1. The summed E-state index contributed by atoms with van der Waals surface area (Å²) in [6.07, 6.45) is -1.15. The maximum absolute atomic E-state index is 14.3. The number of alkyl halides is 3. The summed E-state index contributed by atoms with van der Waals surface area (Å²) in [5, 5.41) is 5.54. The minimum atomic E-state index is -4.59. The fraction of sp³-hybridized carbons (Fsp3) is 0.422. The van der Waals surface area contributed by atoms with Crippen LogP contribution in [0.15, 0.2) is 54.7 Å². The zero-order valence-corrected chi connectivity index (χ0v) is 34.9. The van der Waals surface area contributed by atoms with E-state index >= 15 is 0 Å². The number of ketones is 1. The highest BCUT2D eigenvalue weighted by Gasteiger charge is 2.37. The number of hydrogen-bond donors (Lipinski definition) is 2. The molecule has 2 aromatic carbocycles. The minimum absolute atomic E-state index is 0.00924. The molecular formula is C45H49F3N8O5. The lowest BCUT2D eigenvalue weighted by atomic mass is 10.0. The molecule has 3 amide bonds. The number of imide groups is 1. The second-order valence-corrected chi connectivity index (χ2v) is 16.7. The second kappa shape index (κ2) is 17.5. The first-order valence-electron chi connectivity index (χ1n) is 20.3. The zero-order chi connectivity index (χ0) is 43.6. The third kappa shape index (κ3) is 10.6. The van der Waals surface area contributed by atoms with E-state index in [0.717, 1.165) is 24.1 Å². The number of halogens is 3. The van der Waals surface area contributed by atoms with Crippen LogP contribution in [0.3, 0.4) is 0 Å². The van der Waals surface area contributed by atoms with Gasteiger partial charge in [0.1, 0.15) is 17.1 Å². The van der Waals surface area contributed by atoms with Crippen LogP contribution in [0.5, 0.6) is 0 Å². The lowest BCUT2D eigenvalue weighted by Gasteiger charge is -2.35. The Labute approximate surface area is 352 Å². The first kappa shape index (κ1) is 43.1. The molecule has 0 radical (unpaired) electrons. The molecule has 16 heteroatoms. The van der Waals surface area contributed by atoms with Gasteiger partial charge in [0, 0.05) is 81.9 Å². The first-order chi connectivity index (χ1) is 28.9. The van der Waals surface area contributed by atoms with Crippen LogP contribution in [0, 0.1) is 11.8 Å². The summed E-state index contributed by atoms with van der Waals surface area (Å²) >= 11 is 0. The molecule has 7 rings (SSSR count). The highest BCUT2D eigenvalue weighted by molar-refractivity contribution is 6.05. The average Bonchev–Trinajstić information content (AvgIpc) is 3.99. The molecule has 1 aliphatic carbocycles. The van der Waals surface area contributed by atoms with Crippen molar-refractivity contribution in [2.24, 2.45) is 7.05 Å². The molecular weight excluding hydrogens is 790 g/mol. The number of amides is 3. The van der Waals surface area contributed by atoms with Crippen LogP contribution in [-0.2, 0) is 46.9 Å². The molecule has 2 aromatic heterocycles. The van der Waals surface area contributed by atoms with Crippen molar-refractivity contribution in [1.29, 1.82) is 0 Å². The van der Waals surface area contributed by atoms with Gasteiger partial charge in [0.25, 0.3) is 5.91 Å². The number of rotatable bonds is 10. The molecule has 4 aromatic rings. The summed E-state index contributed by atoms with van der Waals surface area (Å²) in [4.78, 5) is 65.9. The molecule has 320 valence electrons. The smallest absolute Gasteiger partial charge is 0.417 e. The van der Waals surface area contributed by atoms with E-state index in [-0.39, 0.29) is 49.0 Å². The molecule has 4 heterocycles. The van der Waals surface area contributed by atoms with Crippen LogP contribution >= 0.6 is 0 Å². The number of Topliss-reactive ketones (excluding diaryl/α,β-unsaturated/α-hetero) is 1. The Balaban J connectivity index is 1.08. The molecule has 0 atom stereocenters. The predicted octanol–water partition coefficient (Wildman–Crippen LogP) is 6.30. The van der Waals surface area contributed by atoms with Gasteiger partial charge in [0.15, 0.2) is 0 Å². The van der Waals surface area contributed by atoms with Crippen molar-refractivity contribution in [3.63, 3.8) is 0 Å². The molecule has 0 unspecified atom stereocenters. The fourth-order valence-electron chi connectivity index (χ4n) is 7.58. The maximum Gasteiger partial charge on any atom is 0.417 e. The number of nitrogens with zero attached hydrogens (tertiary/aromatic N) is 6. The molecule has 13 nitrogen and oxygen atoms in total. The van der Waals surface area contributed by atoms with Crippen LogP contribution < -0.4 is 10.6 Å². The third-order valence-electron chi connectivity index (χ3n) is 10.7. The SMILES string of the molecule is CC(=O)CNc1ncc(C#Cc2cccc(CC(=O)Nc3ccc(CN4CCN(C5CC5)CC4)c(C(F)(F)F)c3)c2)c(-c2cc3c(n2C)CCN(C(=O)OC(C)(C)C)C3=O)n1. The molecule has 2 aliphatic heterocycles. The lowest BCUT2D eigenvalue weighted by Crippen LogP contribution is -2.46. The highest BCUT2D eigenvalue weighted by Crippen LogP contribution is 2.36. The third-order valence-corrected chi connectivity index (χ3v) is 10.7. The monoisotopic (exact) mass is 838 g/mol. The van der Waals surface area contributed by atoms with Crippen molar-refractivity contribution in [2.45, 2.75) is 77.7 Å². The summed E-state index contributed by atoms with van der Waals surface area (Å²) in [5.74, 6) is 5.27. The normalized spacial score (nSPS) is 16.1. The van der Waals surface area contributed by atoms with Crippen molar-refractivity contribution < 1.29 is 37.1 Å². The van der Waals surface area contributed by atoms with Crippen molar-refractivity contribution in [3.8, 4) is 23.2 Å². The van der Waals surface area contributed by atoms with Gasteiger partial charge in [-0.1, -0.05) is 30.0 Å². The van der Waals surface area contributed by atoms with E-state index < -0.39 is 35.2 Å². The Kier molecular flexibility index (Phi) is 12.4. The van der Waals surface area contributed by atoms with Crippen LogP contribution in [0.25, 0.3) is 11.4 Å². The average molecular weight is 839 g/mol. The van der Waals surface area contributed by atoms with Gasteiger partial charge in [-0.25, -0.2) is 19.7 Å². The molecule has 0 spiro atoms. The van der Waals surface area contributed by atoms with E-state index in [1.165, 1.54) is 38.1 Å². The van der Waals surface area contributed by atoms with Crippen LogP contribution in [0.2, 0.25) is 0 Å². The maximum atomic E-state index is 14.3. The number of carbonyl (C=O) groups is 4. The Morgan fingerprint density at radius 3 is 2.41 bits per heavy atom. The largest absolute Gasteiger partial charge is 0.443 e. The van der Waals surface area contributed by atoms with Gasteiger partial charge in [-0.3, -0.25) is 24.2 Å². The molecule has 61 heavy (non-hydrogen) atoms. The van der Waals surface area contributed by atoms with E-state index in [4.69, 9.17) is 4.74 Å². The summed E-state index contributed by atoms with van der Waals surface area (Å²) in [6.45, 7) is 10.1. The van der Waals surface area contributed by atoms with Crippen molar-refractivity contribution in [1.82, 2.24) is 29.2 Å². The van der Waals surface area contributed by atoms with Gasteiger partial charge >= 0.3 is 12.3 Å². The second-order valence-electron chi connectivity index (χ2n) is 16.7. The number of carbonyl (C=O) groups excluding carboxylic acids is 4. The van der Waals surface area contributed by atoms with Crippen molar-refractivity contribution >= 4 is 35.3 Å². The van der Waals surface area contributed by atoms with Gasteiger partial charge in [0.05, 0.1) is 35.3 Å². The minimum Gasteiger partial charge on any atom is -0.443 e. The summed E-state index contributed by atoms with van der Waals surface area (Å²) < 4.78 is 50.1. The van der Waals surface area contributed by atoms with Crippen molar-refractivity contribution in [2.75, 3.05) is 49.9 Å². The number of nitrogens with one attached hydrogen (secondary N) is 2. The molecule has 1 saturated carbocycles. The topological polar surface area (TPSA) is 142 Å². The Morgan fingerprint density at radius 2 is 1.72 bits per heavy atom. The Morgan fingerprint density at radius 1 is 0.967 bits per heavy atom. The predicted molar refractivity (Wildman–Crippen MR) is 223 cm³/mol. The van der Waals surface area contributed by atoms with Gasteiger partial charge in [-0.15, -0.1) is 0 Å². The molecule has 2 fully saturated rings. The summed E-state index contributed by atoms with van der Waals surface area (Å²) in [7, 11) is 1.79. The quantitative estimate of drug-likeness (QED) is 0.175. The Hall–Kier alpha value is -6.05. The van der Waals surface area contributed by atoms with E-state index in [0.29, 0.717) is 64.9 Å². The number of benzene rings is 2. The van der Waals surface area contributed by atoms with Gasteiger partial charge in [-0.05, 0) is 82.0 Å². The first-order valence-corrected chi connectivity index (χ1v) is 20.3.